The van der Waals surface area contributed by atoms with Crippen LogP contribution in [0.4, 0.5) is 0 Å². The second-order valence-corrected chi connectivity index (χ2v) is 5.05. The highest BCUT2D eigenvalue weighted by Gasteiger charge is 2.20. The van der Waals surface area contributed by atoms with Crippen LogP contribution in [0.25, 0.3) is 0 Å². The van der Waals surface area contributed by atoms with Crippen molar-refractivity contribution in [1.29, 1.82) is 0 Å². The molecule has 0 saturated heterocycles. The van der Waals surface area contributed by atoms with E-state index in [-0.39, 0.29) is 5.41 Å². The van der Waals surface area contributed by atoms with Gasteiger partial charge in [-0.2, -0.15) is 0 Å². The summed E-state index contributed by atoms with van der Waals surface area (Å²) in [6.45, 7) is 5.33. The molecule has 0 radical (unpaired) electrons. The topological polar surface area (TPSA) is 27.6 Å². The first kappa shape index (κ1) is 13.6. The molecule has 1 aromatic rings. The van der Waals surface area contributed by atoms with E-state index in [1.165, 1.54) is 5.56 Å². The van der Waals surface area contributed by atoms with E-state index >= 15 is 0 Å². The van der Waals surface area contributed by atoms with Crippen molar-refractivity contribution in [3.05, 3.63) is 35.9 Å². The quantitative estimate of drug-likeness (QED) is 0.639. The Morgan fingerprint density at radius 1 is 1.24 bits per heavy atom. The van der Waals surface area contributed by atoms with Gasteiger partial charge in [0.05, 0.1) is 0 Å². The van der Waals surface area contributed by atoms with Gasteiger partial charge in [-0.1, -0.05) is 44.2 Å². The van der Waals surface area contributed by atoms with Crippen LogP contribution in [0.5, 0.6) is 0 Å². The van der Waals surface area contributed by atoms with Crippen molar-refractivity contribution in [2.45, 2.75) is 19.3 Å². The summed E-state index contributed by atoms with van der Waals surface area (Å²) >= 11 is 0. The average molecular weight is 233 g/mol. The van der Waals surface area contributed by atoms with Gasteiger partial charge in [-0.15, -0.1) is 0 Å². The lowest BCUT2D eigenvalue weighted by atomic mass is 9.85. The van der Waals surface area contributed by atoms with Crippen LogP contribution in [0.2, 0.25) is 0 Å². The minimum Gasteiger partial charge on any atom is -0.355 e. The molecule has 3 heteroatoms. The van der Waals surface area contributed by atoms with Crippen LogP contribution >= 0.6 is 0 Å². The standard InChI is InChI=1S/C14H23N3/c1-14(2,12-9-7-6-8-10-12)11-16-13(15-3)17(4)5/h6-10H,11H2,1-5H3,(H,15,16). The number of benzene rings is 1. The fraction of sp³-hybridized carbons (Fsp3) is 0.500. The molecule has 0 aliphatic carbocycles. The maximum atomic E-state index is 4.22. The van der Waals surface area contributed by atoms with Crippen molar-refractivity contribution in [3.63, 3.8) is 0 Å². The third-order valence-electron chi connectivity index (χ3n) is 2.88. The normalized spacial score (nSPS) is 12.4. The third-order valence-corrected chi connectivity index (χ3v) is 2.88. The molecular weight excluding hydrogens is 210 g/mol. The Bertz CT molecular complexity index is 366. The maximum Gasteiger partial charge on any atom is 0.193 e. The largest absolute Gasteiger partial charge is 0.355 e. The first-order chi connectivity index (χ1) is 7.97. The highest BCUT2D eigenvalue weighted by atomic mass is 15.3. The fourth-order valence-electron chi connectivity index (χ4n) is 1.73. The predicted molar refractivity (Wildman–Crippen MR) is 74.5 cm³/mol. The molecule has 0 heterocycles. The van der Waals surface area contributed by atoms with Gasteiger partial charge in [0.1, 0.15) is 0 Å². The van der Waals surface area contributed by atoms with Crippen molar-refractivity contribution in [3.8, 4) is 0 Å². The Balaban J connectivity index is 2.68. The highest BCUT2D eigenvalue weighted by Crippen LogP contribution is 2.21. The van der Waals surface area contributed by atoms with Gasteiger partial charge in [-0.3, -0.25) is 4.99 Å². The SMILES string of the molecule is CN=C(NCC(C)(C)c1ccccc1)N(C)C. The highest BCUT2D eigenvalue weighted by molar-refractivity contribution is 5.79. The van der Waals surface area contributed by atoms with Crippen LogP contribution in [-0.2, 0) is 5.41 Å². The average Bonchev–Trinajstić information content (AvgIpc) is 2.30. The molecule has 1 rings (SSSR count). The summed E-state index contributed by atoms with van der Waals surface area (Å²) in [5.74, 6) is 0.911. The Kier molecular flexibility index (Phi) is 4.55. The molecule has 0 bridgehead atoms. The molecule has 0 aromatic heterocycles. The van der Waals surface area contributed by atoms with E-state index in [1.54, 1.807) is 7.05 Å². The zero-order valence-electron chi connectivity index (χ0n) is 11.5. The van der Waals surface area contributed by atoms with E-state index < -0.39 is 0 Å². The minimum atomic E-state index is 0.0905. The molecule has 17 heavy (non-hydrogen) atoms. The van der Waals surface area contributed by atoms with Crippen LogP contribution in [0.15, 0.2) is 35.3 Å². The van der Waals surface area contributed by atoms with E-state index in [9.17, 15) is 0 Å². The number of guanidine groups is 1. The summed E-state index contributed by atoms with van der Waals surface area (Å²) in [5, 5.41) is 3.38. The zero-order valence-corrected chi connectivity index (χ0v) is 11.5. The lowest BCUT2D eigenvalue weighted by molar-refractivity contribution is 0.488. The van der Waals surface area contributed by atoms with Crippen LogP contribution in [0.1, 0.15) is 19.4 Å². The van der Waals surface area contributed by atoms with Crippen molar-refractivity contribution >= 4 is 5.96 Å². The van der Waals surface area contributed by atoms with E-state index in [1.807, 2.05) is 25.1 Å². The molecule has 0 saturated carbocycles. The van der Waals surface area contributed by atoms with E-state index in [0.717, 1.165) is 12.5 Å². The lowest BCUT2D eigenvalue weighted by Crippen LogP contribution is -2.42. The summed E-state index contributed by atoms with van der Waals surface area (Å²) in [4.78, 5) is 6.20. The molecule has 0 amide bonds. The van der Waals surface area contributed by atoms with Gasteiger partial charge in [0.2, 0.25) is 0 Å². The van der Waals surface area contributed by atoms with Crippen molar-refractivity contribution in [2.24, 2.45) is 4.99 Å². The molecular formula is C14H23N3. The first-order valence-corrected chi connectivity index (χ1v) is 5.91. The van der Waals surface area contributed by atoms with E-state index in [0.29, 0.717) is 0 Å². The van der Waals surface area contributed by atoms with E-state index in [4.69, 9.17) is 0 Å². The summed E-state index contributed by atoms with van der Waals surface area (Å²) in [5.41, 5.74) is 1.43. The molecule has 1 aromatic carbocycles. The van der Waals surface area contributed by atoms with Crippen molar-refractivity contribution < 1.29 is 0 Å². The van der Waals surface area contributed by atoms with Crippen LogP contribution in [0.3, 0.4) is 0 Å². The maximum absolute atomic E-state index is 4.22. The summed E-state index contributed by atoms with van der Waals surface area (Å²) in [6.07, 6.45) is 0. The Hall–Kier alpha value is -1.51. The number of hydrogen-bond acceptors (Lipinski definition) is 1. The van der Waals surface area contributed by atoms with Crippen molar-refractivity contribution in [1.82, 2.24) is 10.2 Å². The summed E-state index contributed by atoms with van der Waals surface area (Å²) in [6, 6.07) is 10.5. The van der Waals surface area contributed by atoms with Crippen molar-refractivity contribution in [2.75, 3.05) is 27.7 Å². The van der Waals surface area contributed by atoms with Crippen LogP contribution in [0, 0.1) is 0 Å². The van der Waals surface area contributed by atoms with Crippen LogP contribution in [-0.4, -0.2) is 38.5 Å². The fourth-order valence-corrected chi connectivity index (χ4v) is 1.73. The number of hydrogen-bond donors (Lipinski definition) is 1. The molecule has 1 N–H and O–H groups in total. The second-order valence-electron chi connectivity index (χ2n) is 5.05. The number of rotatable bonds is 3. The molecule has 94 valence electrons. The summed E-state index contributed by atoms with van der Waals surface area (Å²) < 4.78 is 0. The molecule has 0 aliphatic rings. The third kappa shape index (κ3) is 3.77. The van der Waals surface area contributed by atoms with Gasteiger partial charge >= 0.3 is 0 Å². The zero-order chi connectivity index (χ0) is 12.9. The summed E-state index contributed by atoms with van der Waals surface area (Å²) in [7, 11) is 5.79. The molecule has 0 spiro atoms. The predicted octanol–water partition coefficient (Wildman–Crippen LogP) is 2.10. The van der Waals surface area contributed by atoms with E-state index in [2.05, 4.69) is 48.4 Å². The first-order valence-electron chi connectivity index (χ1n) is 5.91. The number of nitrogens with zero attached hydrogens (tertiary/aromatic N) is 2. The van der Waals surface area contributed by atoms with Gasteiger partial charge in [-0.05, 0) is 5.56 Å². The molecule has 0 atom stereocenters. The molecule has 3 nitrogen and oxygen atoms in total. The Morgan fingerprint density at radius 2 is 1.82 bits per heavy atom. The van der Waals surface area contributed by atoms with Gasteiger partial charge in [0.25, 0.3) is 0 Å². The Labute approximate surface area is 105 Å². The minimum absolute atomic E-state index is 0.0905. The van der Waals surface area contributed by atoms with Gasteiger partial charge < -0.3 is 10.2 Å². The molecule has 0 aliphatic heterocycles. The smallest absolute Gasteiger partial charge is 0.193 e. The lowest BCUT2D eigenvalue weighted by Gasteiger charge is -2.28. The van der Waals surface area contributed by atoms with Gasteiger partial charge in [0, 0.05) is 33.1 Å². The van der Waals surface area contributed by atoms with Gasteiger partial charge in [-0.25, -0.2) is 0 Å². The van der Waals surface area contributed by atoms with Crippen LogP contribution < -0.4 is 5.32 Å². The Morgan fingerprint density at radius 3 is 2.29 bits per heavy atom. The molecule has 0 unspecified atom stereocenters. The number of nitrogens with one attached hydrogen (secondary N) is 1. The second kappa shape index (κ2) is 5.71. The van der Waals surface area contributed by atoms with Gasteiger partial charge in [0.15, 0.2) is 5.96 Å². The monoisotopic (exact) mass is 233 g/mol. The molecule has 0 fully saturated rings. The number of aliphatic imine (C=N–C) groups is 1.